The summed E-state index contributed by atoms with van der Waals surface area (Å²) in [6.45, 7) is 0.205. The topological polar surface area (TPSA) is 112 Å². The molecule has 2 amide bonds. The van der Waals surface area contributed by atoms with Gasteiger partial charge in [-0.25, -0.2) is 0 Å². The molecule has 1 aliphatic heterocycles. The summed E-state index contributed by atoms with van der Waals surface area (Å²) in [5.41, 5.74) is 2.11. The molecule has 7 atom stereocenters. The second kappa shape index (κ2) is 9.99. The Bertz CT molecular complexity index is 1180. The summed E-state index contributed by atoms with van der Waals surface area (Å²) < 4.78 is 11.5. The van der Waals surface area contributed by atoms with E-state index in [1.54, 1.807) is 23.5 Å². The summed E-state index contributed by atoms with van der Waals surface area (Å²) in [5.74, 6) is 1.53. The fraction of sp³-hybridized carbons (Fsp3) is 0.517. The van der Waals surface area contributed by atoms with Crippen molar-refractivity contribution in [1.82, 2.24) is 10.2 Å². The van der Waals surface area contributed by atoms with Crippen molar-refractivity contribution < 1.29 is 29.0 Å². The second-order valence-electron chi connectivity index (χ2n) is 11.0. The Labute approximate surface area is 216 Å². The minimum Gasteiger partial charge on any atom is -0.486 e. The van der Waals surface area contributed by atoms with Crippen molar-refractivity contribution in [3.05, 3.63) is 65.6 Å². The SMILES string of the molecule is O=C(NCCO)C1=CC(N(Cc2ccoc2)C(=O)CC2CC3CCC2C3)C(O)C2Oc3ccccc3C12. The van der Waals surface area contributed by atoms with Crippen LogP contribution < -0.4 is 10.1 Å². The lowest BCUT2D eigenvalue weighted by atomic mass is 9.77. The first-order valence-electron chi connectivity index (χ1n) is 13.4. The molecule has 2 fully saturated rings. The number of hydrogen-bond donors (Lipinski definition) is 3. The predicted octanol–water partition coefficient (Wildman–Crippen LogP) is 2.76. The van der Waals surface area contributed by atoms with Crippen LogP contribution in [-0.4, -0.2) is 58.3 Å². The number of carbonyl (C=O) groups excluding carboxylic acids is 2. The first-order valence-corrected chi connectivity index (χ1v) is 13.4. The number of aliphatic hydroxyl groups excluding tert-OH is 2. The number of ether oxygens (including phenoxy) is 1. The quantitative estimate of drug-likeness (QED) is 0.508. The molecule has 37 heavy (non-hydrogen) atoms. The molecule has 2 heterocycles. The summed E-state index contributed by atoms with van der Waals surface area (Å²) in [7, 11) is 0. The standard InChI is InChI=1S/C29H34N2O6/c32-9-8-30-29(35)22-14-23(27(34)28-26(22)21-3-1-2-4-24(21)37-28)31(15-18-7-10-36-16-18)25(33)13-20-12-17-5-6-19(20)11-17/h1-4,7,10,14,16-17,19-20,23,26-28,32,34H,5-6,8-9,11-13,15H2,(H,30,35). The van der Waals surface area contributed by atoms with E-state index in [2.05, 4.69) is 5.32 Å². The molecule has 2 aromatic rings. The van der Waals surface area contributed by atoms with Gasteiger partial charge in [0.15, 0.2) is 0 Å². The Morgan fingerprint density at radius 3 is 2.73 bits per heavy atom. The predicted molar refractivity (Wildman–Crippen MR) is 134 cm³/mol. The average Bonchev–Trinajstić information content (AvgIpc) is 3.71. The van der Waals surface area contributed by atoms with Crippen LogP contribution in [0.1, 0.15) is 49.1 Å². The Kier molecular flexibility index (Phi) is 6.55. The lowest BCUT2D eigenvalue weighted by Crippen LogP contribution is -2.55. The van der Waals surface area contributed by atoms with Crippen LogP contribution in [0.2, 0.25) is 0 Å². The van der Waals surface area contributed by atoms with E-state index in [1.165, 1.54) is 19.3 Å². The number of aliphatic hydroxyl groups is 2. The highest BCUT2D eigenvalue weighted by atomic mass is 16.5. The highest BCUT2D eigenvalue weighted by Crippen LogP contribution is 2.50. The van der Waals surface area contributed by atoms with Crippen LogP contribution in [0, 0.1) is 17.8 Å². The Morgan fingerprint density at radius 1 is 1.14 bits per heavy atom. The highest BCUT2D eigenvalue weighted by molar-refractivity contribution is 5.96. The second-order valence-corrected chi connectivity index (χ2v) is 11.0. The zero-order valence-electron chi connectivity index (χ0n) is 20.8. The van der Waals surface area contributed by atoms with Crippen LogP contribution in [0.3, 0.4) is 0 Å². The van der Waals surface area contributed by atoms with Gasteiger partial charge in [0.2, 0.25) is 11.8 Å². The molecule has 0 spiro atoms. The van der Waals surface area contributed by atoms with E-state index in [0.717, 1.165) is 23.5 Å². The van der Waals surface area contributed by atoms with Crippen LogP contribution in [0.15, 0.2) is 58.9 Å². The van der Waals surface area contributed by atoms with Gasteiger partial charge in [-0.1, -0.05) is 24.6 Å². The molecule has 3 N–H and O–H groups in total. The van der Waals surface area contributed by atoms with Crippen LogP contribution >= 0.6 is 0 Å². The third-order valence-electron chi connectivity index (χ3n) is 8.81. The molecule has 0 saturated heterocycles. The van der Waals surface area contributed by atoms with Crippen LogP contribution in [-0.2, 0) is 16.1 Å². The third kappa shape index (κ3) is 4.46. The monoisotopic (exact) mass is 506 g/mol. The van der Waals surface area contributed by atoms with Gasteiger partial charge in [-0.2, -0.15) is 0 Å². The maximum absolute atomic E-state index is 13.9. The summed E-state index contributed by atoms with van der Waals surface area (Å²) in [6, 6.07) is 8.56. The largest absolute Gasteiger partial charge is 0.486 e. The third-order valence-corrected chi connectivity index (χ3v) is 8.81. The molecule has 1 aromatic carbocycles. The van der Waals surface area contributed by atoms with Crippen LogP contribution in [0.4, 0.5) is 0 Å². The molecule has 2 bridgehead atoms. The highest BCUT2D eigenvalue weighted by Gasteiger charge is 2.51. The van der Waals surface area contributed by atoms with E-state index >= 15 is 0 Å². The minimum absolute atomic E-state index is 0.0249. The molecule has 8 heteroatoms. The van der Waals surface area contributed by atoms with E-state index in [4.69, 9.17) is 9.15 Å². The number of benzene rings is 1. The molecule has 4 aliphatic rings. The normalized spacial score (nSPS) is 31.3. The lowest BCUT2D eigenvalue weighted by molar-refractivity contribution is -0.139. The smallest absolute Gasteiger partial charge is 0.247 e. The first kappa shape index (κ1) is 24.2. The van der Waals surface area contributed by atoms with E-state index in [0.29, 0.717) is 29.6 Å². The number of nitrogens with one attached hydrogen (secondary N) is 1. The maximum Gasteiger partial charge on any atom is 0.247 e. The number of rotatable bonds is 8. The molecule has 1 aromatic heterocycles. The molecule has 8 nitrogen and oxygen atoms in total. The van der Waals surface area contributed by atoms with Gasteiger partial charge in [0, 0.05) is 36.2 Å². The van der Waals surface area contributed by atoms with Crippen LogP contribution in [0.5, 0.6) is 5.75 Å². The number of furan rings is 1. The van der Waals surface area contributed by atoms with Crippen molar-refractivity contribution in [2.45, 2.75) is 62.8 Å². The van der Waals surface area contributed by atoms with Crippen molar-refractivity contribution in [3.63, 3.8) is 0 Å². The van der Waals surface area contributed by atoms with Crippen molar-refractivity contribution in [2.75, 3.05) is 13.2 Å². The number of nitrogens with zero attached hydrogens (tertiary/aromatic N) is 1. The van der Waals surface area contributed by atoms with E-state index in [9.17, 15) is 19.8 Å². The fourth-order valence-electron chi connectivity index (χ4n) is 7.10. The molecule has 6 rings (SSSR count). The molecular weight excluding hydrogens is 472 g/mol. The summed E-state index contributed by atoms with van der Waals surface area (Å²) in [4.78, 5) is 28.9. The van der Waals surface area contributed by atoms with Gasteiger partial charge in [-0.15, -0.1) is 0 Å². The van der Waals surface area contributed by atoms with Gasteiger partial charge in [-0.3, -0.25) is 9.59 Å². The average molecular weight is 507 g/mol. The first-order chi connectivity index (χ1) is 18.0. The van der Waals surface area contributed by atoms with Gasteiger partial charge in [-0.05, 0) is 55.2 Å². The number of fused-ring (bicyclic) bond motifs is 5. The molecule has 3 aliphatic carbocycles. The number of hydrogen-bond acceptors (Lipinski definition) is 6. The van der Waals surface area contributed by atoms with Crippen molar-refractivity contribution in [3.8, 4) is 5.75 Å². The molecule has 0 radical (unpaired) electrons. The van der Waals surface area contributed by atoms with Crippen LogP contribution in [0.25, 0.3) is 0 Å². The minimum atomic E-state index is -1.03. The number of para-hydroxylation sites is 1. The van der Waals surface area contributed by atoms with Crippen molar-refractivity contribution in [2.24, 2.45) is 17.8 Å². The maximum atomic E-state index is 13.9. The molecule has 196 valence electrons. The Balaban J connectivity index is 1.34. The van der Waals surface area contributed by atoms with Gasteiger partial charge in [0.25, 0.3) is 0 Å². The summed E-state index contributed by atoms with van der Waals surface area (Å²) in [6.07, 6.45) is 8.41. The number of carbonyl (C=O) groups is 2. The summed E-state index contributed by atoms with van der Waals surface area (Å²) in [5, 5.41) is 23.7. The zero-order chi connectivity index (χ0) is 25.5. The molecule has 2 saturated carbocycles. The van der Waals surface area contributed by atoms with Gasteiger partial charge < -0.3 is 29.6 Å². The summed E-state index contributed by atoms with van der Waals surface area (Å²) >= 11 is 0. The molecule has 7 unspecified atom stereocenters. The van der Waals surface area contributed by atoms with E-state index in [-0.39, 0.29) is 31.5 Å². The van der Waals surface area contributed by atoms with Crippen molar-refractivity contribution >= 4 is 11.8 Å². The van der Waals surface area contributed by atoms with Gasteiger partial charge in [0.1, 0.15) is 18.0 Å². The molecular formula is C29H34N2O6. The van der Waals surface area contributed by atoms with E-state index < -0.39 is 24.2 Å². The number of amides is 2. The lowest BCUT2D eigenvalue weighted by Gasteiger charge is -2.41. The zero-order valence-corrected chi connectivity index (χ0v) is 20.8. The van der Waals surface area contributed by atoms with Gasteiger partial charge >= 0.3 is 0 Å². The fourth-order valence-corrected chi connectivity index (χ4v) is 7.10. The Morgan fingerprint density at radius 2 is 2.00 bits per heavy atom. The van der Waals surface area contributed by atoms with Gasteiger partial charge in [0.05, 0.1) is 31.1 Å². The van der Waals surface area contributed by atoms with E-state index in [1.807, 2.05) is 30.3 Å². The Hall–Kier alpha value is -3.10. The van der Waals surface area contributed by atoms with Crippen molar-refractivity contribution in [1.29, 1.82) is 0 Å².